The van der Waals surface area contributed by atoms with Gasteiger partial charge in [0.2, 0.25) is 0 Å². The van der Waals surface area contributed by atoms with Gasteiger partial charge in [-0.1, -0.05) is 24.3 Å². The third-order valence-electron chi connectivity index (χ3n) is 5.55. The van der Waals surface area contributed by atoms with Crippen LogP contribution < -0.4 is 20.3 Å². The Balaban J connectivity index is 1.48. The van der Waals surface area contributed by atoms with Crippen LogP contribution in [0.4, 0.5) is 5.69 Å². The minimum absolute atomic E-state index is 0.122. The second kappa shape index (κ2) is 11.5. The predicted octanol–water partition coefficient (Wildman–Crippen LogP) is 1.36. The Morgan fingerprint density at radius 2 is 1.84 bits per heavy atom. The van der Waals surface area contributed by atoms with Gasteiger partial charge in [-0.05, 0) is 43.2 Å². The van der Waals surface area contributed by atoms with Gasteiger partial charge in [-0.15, -0.1) is 0 Å². The lowest BCUT2D eigenvalue weighted by molar-refractivity contribution is -0.908. The zero-order valence-electron chi connectivity index (χ0n) is 18.3. The molecule has 1 heterocycles. The molecule has 1 saturated heterocycles. The summed E-state index contributed by atoms with van der Waals surface area (Å²) in [5.74, 6) is 0.184. The summed E-state index contributed by atoms with van der Waals surface area (Å²) in [6.07, 6.45) is 0.902. The summed E-state index contributed by atoms with van der Waals surface area (Å²) < 4.78 is 11.0. The van der Waals surface area contributed by atoms with E-state index in [1.54, 1.807) is 24.3 Å². The van der Waals surface area contributed by atoms with Gasteiger partial charge in [0.25, 0.3) is 11.8 Å². The van der Waals surface area contributed by atoms with Crippen molar-refractivity contribution in [1.29, 1.82) is 0 Å². The highest BCUT2D eigenvalue weighted by atomic mass is 16.5. The van der Waals surface area contributed by atoms with Gasteiger partial charge in [-0.2, -0.15) is 0 Å². The van der Waals surface area contributed by atoms with Crippen LogP contribution in [-0.2, 0) is 9.53 Å². The summed E-state index contributed by atoms with van der Waals surface area (Å²) >= 11 is 0. The first kappa shape index (κ1) is 22.8. The molecule has 166 valence electrons. The number of quaternary nitrogens is 1. The van der Waals surface area contributed by atoms with Gasteiger partial charge in [0.1, 0.15) is 18.8 Å². The summed E-state index contributed by atoms with van der Waals surface area (Å²) in [4.78, 5) is 26.6. The number of amides is 2. The van der Waals surface area contributed by atoms with E-state index in [-0.39, 0.29) is 18.4 Å². The largest absolute Gasteiger partial charge is 0.483 e. The highest BCUT2D eigenvalue weighted by Crippen LogP contribution is 2.20. The summed E-state index contributed by atoms with van der Waals surface area (Å²) in [6, 6.07) is 12.8. The number of anilines is 1. The number of hydrogen-bond acceptors (Lipinski definition) is 4. The molecule has 1 aliphatic rings. The number of rotatable bonds is 9. The van der Waals surface area contributed by atoms with Gasteiger partial charge < -0.3 is 25.0 Å². The Bertz CT molecular complexity index is 894. The smallest absolute Gasteiger partial charge is 0.262 e. The molecule has 1 aliphatic heterocycles. The molecule has 0 unspecified atom stereocenters. The van der Waals surface area contributed by atoms with Crippen LogP contribution in [0.5, 0.6) is 5.75 Å². The number of benzene rings is 2. The molecule has 1 fully saturated rings. The zero-order valence-corrected chi connectivity index (χ0v) is 18.3. The Kier molecular flexibility index (Phi) is 8.44. The topological polar surface area (TPSA) is 81.1 Å². The predicted molar refractivity (Wildman–Crippen MR) is 120 cm³/mol. The van der Waals surface area contributed by atoms with E-state index in [1.807, 2.05) is 32.0 Å². The van der Waals surface area contributed by atoms with E-state index >= 15 is 0 Å². The van der Waals surface area contributed by atoms with Crippen LogP contribution >= 0.6 is 0 Å². The molecular formula is C24H32N3O4+. The van der Waals surface area contributed by atoms with Crippen molar-refractivity contribution in [3.05, 3.63) is 59.2 Å². The first-order chi connectivity index (χ1) is 15.0. The monoisotopic (exact) mass is 426 g/mol. The molecule has 7 heteroatoms. The fourth-order valence-corrected chi connectivity index (χ4v) is 3.55. The molecule has 0 aliphatic carbocycles. The molecule has 2 aromatic rings. The van der Waals surface area contributed by atoms with Crippen molar-refractivity contribution in [2.45, 2.75) is 20.3 Å². The van der Waals surface area contributed by atoms with E-state index in [9.17, 15) is 9.59 Å². The molecule has 0 aromatic heterocycles. The molecule has 0 radical (unpaired) electrons. The summed E-state index contributed by atoms with van der Waals surface area (Å²) in [7, 11) is 0. The van der Waals surface area contributed by atoms with Crippen molar-refractivity contribution in [3.8, 4) is 5.75 Å². The number of morpholine rings is 1. The minimum Gasteiger partial charge on any atom is -0.483 e. The van der Waals surface area contributed by atoms with Gasteiger partial charge in [-0.25, -0.2) is 0 Å². The van der Waals surface area contributed by atoms with E-state index in [1.165, 1.54) is 4.90 Å². The number of ether oxygens (including phenoxy) is 2. The van der Waals surface area contributed by atoms with Crippen molar-refractivity contribution in [2.75, 3.05) is 51.3 Å². The first-order valence-electron chi connectivity index (χ1n) is 10.8. The van der Waals surface area contributed by atoms with Crippen molar-refractivity contribution in [3.63, 3.8) is 0 Å². The van der Waals surface area contributed by atoms with Gasteiger partial charge in [-0.3, -0.25) is 9.59 Å². The lowest BCUT2D eigenvalue weighted by atomic mass is 10.1. The molecular weight excluding hydrogens is 394 g/mol. The third kappa shape index (κ3) is 6.80. The van der Waals surface area contributed by atoms with Crippen LogP contribution in [0.15, 0.2) is 42.5 Å². The molecule has 31 heavy (non-hydrogen) atoms. The number of carbonyl (C=O) groups is 2. The number of aryl methyl sites for hydroxylation is 1. The van der Waals surface area contributed by atoms with E-state index in [0.29, 0.717) is 23.5 Å². The third-order valence-corrected chi connectivity index (χ3v) is 5.55. The number of hydrogen-bond donors (Lipinski definition) is 3. The van der Waals surface area contributed by atoms with Gasteiger partial charge in [0.15, 0.2) is 6.61 Å². The van der Waals surface area contributed by atoms with Crippen LogP contribution in [0, 0.1) is 13.8 Å². The molecule has 0 saturated carbocycles. The maximum Gasteiger partial charge on any atom is 0.262 e. The fraction of sp³-hybridized carbons (Fsp3) is 0.417. The number of nitrogens with one attached hydrogen (secondary N) is 3. The molecule has 2 aromatic carbocycles. The Hall–Kier alpha value is -2.90. The van der Waals surface area contributed by atoms with Gasteiger partial charge >= 0.3 is 0 Å². The van der Waals surface area contributed by atoms with E-state index < -0.39 is 0 Å². The maximum absolute atomic E-state index is 12.6. The zero-order chi connectivity index (χ0) is 22.1. The van der Waals surface area contributed by atoms with Crippen LogP contribution in [0.25, 0.3) is 0 Å². The van der Waals surface area contributed by atoms with Crippen molar-refractivity contribution >= 4 is 17.5 Å². The molecule has 0 bridgehead atoms. The molecule has 3 rings (SSSR count). The van der Waals surface area contributed by atoms with Gasteiger partial charge in [0, 0.05) is 13.0 Å². The van der Waals surface area contributed by atoms with Crippen LogP contribution in [0.3, 0.4) is 0 Å². The summed E-state index contributed by atoms with van der Waals surface area (Å²) in [5, 5.41) is 5.75. The van der Waals surface area contributed by atoms with Crippen molar-refractivity contribution < 1.29 is 24.0 Å². The van der Waals surface area contributed by atoms with Gasteiger partial charge in [0.05, 0.1) is 31.0 Å². The lowest BCUT2D eigenvalue weighted by Crippen LogP contribution is -3.14. The Labute approximate surface area is 183 Å². The highest BCUT2D eigenvalue weighted by molar-refractivity contribution is 6.04. The number of carbonyl (C=O) groups excluding carboxylic acids is 2. The second-order valence-electron chi connectivity index (χ2n) is 7.80. The second-order valence-corrected chi connectivity index (χ2v) is 7.80. The highest BCUT2D eigenvalue weighted by Gasteiger charge is 2.15. The van der Waals surface area contributed by atoms with Crippen LogP contribution in [0.1, 0.15) is 27.9 Å². The average molecular weight is 427 g/mol. The minimum atomic E-state index is -0.308. The SMILES string of the molecule is Cc1cccc(OCC(=O)Nc2ccccc2C(=O)NCCC[NH+]2CCOCC2)c1C. The normalized spacial score (nSPS) is 14.1. The Morgan fingerprint density at radius 3 is 2.65 bits per heavy atom. The van der Waals surface area contributed by atoms with Crippen LogP contribution in [0.2, 0.25) is 0 Å². The van der Waals surface area contributed by atoms with E-state index in [0.717, 1.165) is 50.4 Å². The molecule has 0 spiro atoms. The van der Waals surface area contributed by atoms with E-state index in [2.05, 4.69) is 10.6 Å². The summed E-state index contributed by atoms with van der Waals surface area (Å²) in [6.45, 7) is 9.10. The standard InChI is InChI=1S/C24H31N3O4/c1-18-7-5-10-22(19(18)2)31-17-23(28)26-21-9-4-3-8-20(21)24(29)25-11-6-12-27-13-15-30-16-14-27/h3-5,7-10H,6,11-17H2,1-2H3,(H,25,29)(H,26,28)/p+1. The first-order valence-corrected chi connectivity index (χ1v) is 10.8. The van der Waals surface area contributed by atoms with Crippen molar-refractivity contribution in [2.24, 2.45) is 0 Å². The van der Waals surface area contributed by atoms with Crippen LogP contribution in [-0.4, -0.2) is 57.8 Å². The fourth-order valence-electron chi connectivity index (χ4n) is 3.55. The summed E-state index contributed by atoms with van der Waals surface area (Å²) in [5.41, 5.74) is 3.04. The lowest BCUT2D eigenvalue weighted by Gasteiger charge is -2.23. The molecule has 7 nitrogen and oxygen atoms in total. The van der Waals surface area contributed by atoms with E-state index in [4.69, 9.17) is 9.47 Å². The molecule has 3 N–H and O–H groups in total. The Morgan fingerprint density at radius 1 is 1.06 bits per heavy atom. The van der Waals surface area contributed by atoms with Crippen molar-refractivity contribution in [1.82, 2.24) is 5.32 Å². The average Bonchev–Trinajstić information content (AvgIpc) is 2.78. The molecule has 0 atom stereocenters. The number of para-hydroxylation sites is 1. The molecule has 2 amide bonds. The quantitative estimate of drug-likeness (QED) is 0.529. The maximum atomic E-state index is 12.6.